The van der Waals surface area contributed by atoms with Gasteiger partial charge in [0.1, 0.15) is 11.5 Å². The molecular weight excluding hydrogens is 386 g/mol. The molecule has 0 aliphatic heterocycles. The number of halogens is 1. The number of aromatic nitrogens is 2. The summed E-state index contributed by atoms with van der Waals surface area (Å²) in [5.74, 6) is 3.08. The van der Waals surface area contributed by atoms with E-state index in [1.54, 1.807) is 52.7 Å². The van der Waals surface area contributed by atoms with E-state index < -0.39 is 0 Å². The monoisotopic (exact) mass is 405 g/mol. The minimum atomic E-state index is 0.293. The van der Waals surface area contributed by atoms with Crippen LogP contribution in [0.5, 0.6) is 23.0 Å². The third kappa shape index (κ3) is 4.07. The second-order valence-corrected chi connectivity index (χ2v) is 6.02. The van der Waals surface area contributed by atoms with Gasteiger partial charge in [-0.3, -0.25) is 0 Å². The maximum Gasteiger partial charge on any atom is 0.247 e. The highest BCUT2D eigenvalue weighted by Gasteiger charge is 2.14. The van der Waals surface area contributed by atoms with Gasteiger partial charge in [-0.2, -0.15) is 0 Å². The highest BCUT2D eigenvalue weighted by molar-refractivity contribution is 6.32. The van der Waals surface area contributed by atoms with E-state index in [4.69, 9.17) is 35.0 Å². The smallest absolute Gasteiger partial charge is 0.247 e. The summed E-state index contributed by atoms with van der Waals surface area (Å²) in [5, 5.41) is 11.8. The largest absolute Gasteiger partial charge is 0.495 e. The number of nitrogens with zero attached hydrogens (tertiary/aromatic N) is 2. The molecule has 0 aliphatic carbocycles. The van der Waals surface area contributed by atoms with E-state index in [2.05, 4.69) is 15.5 Å². The molecule has 1 aromatic heterocycles. The third-order valence-corrected chi connectivity index (χ3v) is 4.30. The van der Waals surface area contributed by atoms with Gasteiger partial charge in [-0.05, 0) is 18.2 Å². The molecular formula is C19H20ClN3O5. The SMILES string of the molecule is COc1cc(NCc2nnc(-c3ccc(OC)c(OC)c3)o2)c(OC)cc1Cl. The molecule has 0 atom stereocenters. The van der Waals surface area contributed by atoms with Crippen molar-refractivity contribution >= 4 is 17.3 Å². The number of rotatable bonds is 8. The van der Waals surface area contributed by atoms with Crippen LogP contribution in [0.1, 0.15) is 5.89 Å². The summed E-state index contributed by atoms with van der Waals surface area (Å²) in [7, 11) is 6.25. The first-order valence-corrected chi connectivity index (χ1v) is 8.67. The van der Waals surface area contributed by atoms with Crippen LogP contribution in [0.3, 0.4) is 0 Å². The number of hydrogen-bond donors (Lipinski definition) is 1. The second kappa shape index (κ2) is 8.71. The lowest BCUT2D eigenvalue weighted by Gasteiger charge is -2.12. The van der Waals surface area contributed by atoms with Crippen molar-refractivity contribution in [3.8, 4) is 34.5 Å². The highest BCUT2D eigenvalue weighted by Crippen LogP contribution is 2.36. The summed E-state index contributed by atoms with van der Waals surface area (Å²) in [6.07, 6.45) is 0. The van der Waals surface area contributed by atoms with Crippen molar-refractivity contribution in [3.05, 3.63) is 41.2 Å². The second-order valence-electron chi connectivity index (χ2n) is 5.61. The van der Waals surface area contributed by atoms with Crippen LogP contribution in [0.15, 0.2) is 34.7 Å². The van der Waals surface area contributed by atoms with Crippen LogP contribution in [0.4, 0.5) is 5.69 Å². The molecule has 28 heavy (non-hydrogen) atoms. The van der Waals surface area contributed by atoms with E-state index in [0.29, 0.717) is 52.0 Å². The number of anilines is 1. The van der Waals surface area contributed by atoms with Gasteiger partial charge < -0.3 is 28.7 Å². The molecule has 0 unspecified atom stereocenters. The van der Waals surface area contributed by atoms with Crippen molar-refractivity contribution < 1.29 is 23.4 Å². The number of methoxy groups -OCH3 is 4. The maximum atomic E-state index is 6.12. The zero-order chi connectivity index (χ0) is 20.1. The molecule has 2 aromatic carbocycles. The Balaban J connectivity index is 1.77. The number of ether oxygens (including phenoxy) is 4. The van der Waals surface area contributed by atoms with Gasteiger partial charge >= 0.3 is 0 Å². The van der Waals surface area contributed by atoms with Crippen molar-refractivity contribution in [2.24, 2.45) is 0 Å². The van der Waals surface area contributed by atoms with Crippen LogP contribution < -0.4 is 24.3 Å². The fourth-order valence-corrected chi connectivity index (χ4v) is 2.81. The zero-order valence-electron chi connectivity index (χ0n) is 15.9. The molecule has 0 saturated heterocycles. The average molecular weight is 406 g/mol. The molecule has 0 radical (unpaired) electrons. The predicted octanol–water partition coefficient (Wildman–Crippen LogP) is 4.04. The predicted molar refractivity (Wildman–Crippen MR) is 105 cm³/mol. The molecule has 0 aliphatic rings. The molecule has 0 bridgehead atoms. The first-order chi connectivity index (χ1) is 13.6. The van der Waals surface area contributed by atoms with Gasteiger partial charge in [-0.25, -0.2) is 0 Å². The van der Waals surface area contributed by atoms with Gasteiger partial charge in [0.05, 0.1) is 45.7 Å². The van der Waals surface area contributed by atoms with Crippen molar-refractivity contribution in [2.45, 2.75) is 6.54 Å². The molecule has 8 nitrogen and oxygen atoms in total. The van der Waals surface area contributed by atoms with Crippen LogP contribution in [0, 0.1) is 0 Å². The lowest BCUT2D eigenvalue weighted by Crippen LogP contribution is -2.02. The number of benzene rings is 2. The lowest BCUT2D eigenvalue weighted by molar-refractivity contribution is 0.355. The van der Waals surface area contributed by atoms with Crippen LogP contribution in [-0.2, 0) is 6.54 Å². The average Bonchev–Trinajstić information content (AvgIpc) is 3.21. The van der Waals surface area contributed by atoms with Crippen molar-refractivity contribution in [2.75, 3.05) is 33.8 Å². The Labute approximate surface area is 167 Å². The molecule has 3 rings (SSSR count). The van der Waals surface area contributed by atoms with Crippen LogP contribution >= 0.6 is 11.6 Å². The first-order valence-electron chi connectivity index (χ1n) is 8.29. The van der Waals surface area contributed by atoms with Gasteiger partial charge in [0, 0.05) is 17.7 Å². The molecule has 1 heterocycles. The Hall–Kier alpha value is -3.13. The van der Waals surface area contributed by atoms with Crippen LogP contribution in [0.25, 0.3) is 11.5 Å². The molecule has 0 spiro atoms. The third-order valence-electron chi connectivity index (χ3n) is 4.00. The number of nitrogens with one attached hydrogen (secondary N) is 1. The van der Waals surface area contributed by atoms with E-state index in [0.717, 1.165) is 5.56 Å². The summed E-state index contributed by atoms with van der Waals surface area (Å²) < 4.78 is 26.9. The molecule has 0 amide bonds. The highest BCUT2D eigenvalue weighted by atomic mass is 35.5. The summed E-state index contributed by atoms with van der Waals surface area (Å²) in [6, 6.07) is 8.79. The molecule has 3 aromatic rings. The Bertz CT molecular complexity index is 961. The summed E-state index contributed by atoms with van der Waals surface area (Å²) in [4.78, 5) is 0. The fraction of sp³-hybridized carbons (Fsp3) is 0.263. The molecule has 0 fully saturated rings. The van der Waals surface area contributed by atoms with Crippen molar-refractivity contribution in [3.63, 3.8) is 0 Å². The van der Waals surface area contributed by atoms with Gasteiger partial charge in [0.2, 0.25) is 11.8 Å². The molecule has 9 heteroatoms. The fourth-order valence-electron chi connectivity index (χ4n) is 2.58. The summed E-state index contributed by atoms with van der Waals surface area (Å²) in [5.41, 5.74) is 1.41. The van der Waals surface area contributed by atoms with E-state index in [-0.39, 0.29) is 0 Å². The summed E-state index contributed by atoms with van der Waals surface area (Å²) >= 11 is 6.12. The molecule has 0 saturated carbocycles. The molecule has 1 N–H and O–H groups in total. The summed E-state index contributed by atoms with van der Waals surface area (Å²) in [6.45, 7) is 0.293. The van der Waals surface area contributed by atoms with E-state index in [1.807, 2.05) is 6.07 Å². The lowest BCUT2D eigenvalue weighted by atomic mass is 10.2. The van der Waals surface area contributed by atoms with Crippen LogP contribution in [0.2, 0.25) is 5.02 Å². The zero-order valence-corrected chi connectivity index (χ0v) is 16.7. The van der Waals surface area contributed by atoms with Gasteiger partial charge in [-0.15, -0.1) is 10.2 Å². The Morgan fingerprint density at radius 1 is 0.857 bits per heavy atom. The van der Waals surface area contributed by atoms with Gasteiger partial charge in [0.15, 0.2) is 11.5 Å². The van der Waals surface area contributed by atoms with Crippen molar-refractivity contribution in [1.82, 2.24) is 10.2 Å². The van der Waals surface area contributed by atoms with Gasteiger partial charge in [-0.1, -0.05) is 11.6 Å². The number of hydrogen-bond acceptors (Lipinski definition) is 8. The molecule has 148 valence electrons. The van der Waals surface area contributed by atoms with E-state index >= 15 is 0 Å². The van der Waals surface area contributed by atoms with Gasteiger partial charge in [0.25, 0.3) is 0 Å². The topological polar surface area (TPSA) is 87.9 Å². The standard InChI is InChI=1S/C19H20ClN3O5/c1-24-14-6-5-11(7-17(14)27-4)19-23-22-18(28-19)10-21-13-9-15(25-2)12(20)8-16(13)26-3/h5-9,21H,10H2,1-4H3. The quantitative estimate of drug-likeness (QED) is 0.600. The Morgan fingerprint density at radius 2 is 1.57 bits per heavy atom. The maximum absolute atomic E-state index is 6.12. The van der Waals surface area contributed by atoms with E-state index in [9.17, 15) is 0 Å². The normalized spacial score (nSPS) is 10.5. The van der Waals surface area contributed by atoms with E-state index in [1.165, 1.54) is 0 Å². The Morgan fingerprint density at radius 3 is 2.25 bits per heavy atom. The minimum Gasteiger partial charge on any atom is -0.495 e. The first kappa shape index (κ1) is 19.6. The minimum absolute atomic E-state index is 0.293. The van der Waals surface area contributed by atoms with Crippen molar-refractivity contribution in [1.29, 1.82) is 0 Å². The van der Waals surface area contributed by atoms with Crippen LogP contribution in [-0.4, -0.2) is 38.6 Å². The Kier molecular flexibility index (Phi) is 6.10.